The molecule has 0 radical (unpaired) electrons. The van der Waals surface area contributed by atoms with Gasteiger partial charge in [-0.2, -0.15) is 0 Å². The average Bonchev–Trinajstić information content (AvgIpc) is 2.48. The Morgan fingerprint density at radius 1 is 1.17 bits per heavy atom. The minimum atomic E-state index is -0.509. The molecule has 2 amide bonds. The SMILES string of the molecule is CN(CCCNC(=O)OCc1ccccc1)C(=O)OC(C)(C)C. The topological polar surface area (TPSA) is 67.9 Å². The highest BCUT2D eigenvalue weighted by Crippen LogP contribution is 2.09. The van der Waals surface area contributed by atoms with Gasteiger partial charge in [0.15, 0.2) is 0 Å². The lowest BCUT2D eigenvalue weighted by Gasteiger charge is -2.24. The Kier molecular flexibility index (Phi) is 7.38. The molecule has 6 heteroatoms. The third-order valence-electron chi connectivity index (χ3n) is 2.86. The van der Waals surface area contributed by atoms with Gasteiger partial charge >= 0.3 is 12.2 Å². The molecule has 1 aromatic rings. The summed E-state index contributed by atoms with van der Waals surface area (Å²) in [6, 6.07) is 9.48. The largest absolute Gasteiger partial charge is 0.445 e. The molecule has 0 aliphatic rings. The molecule has 1 N–H and O–H groups in total. The first kappa shape index (κ1) is 18.8. The fourth-order valence-corrected chi connectivity index (χ4v) is 1.71. The molecule has 0 saturated carbocycles. The third kappa shape index (κ3) is 8.70. The van der Waals surface area contributed by atoms with E-state index in [1.54, 1.807) is 7.05 Å². The summed E-state index contributed by atoms with van der Waals surface area (Å²) in [4.78, 5) is 24.8. The van der Waals surface area contributed by atoms with Crippen molar-refractivity contribution in [1.82, 2.24) is 10.2 Å². The summed E-state index contributed by atoms with van der Waals surface area (Å²) in [7, 11) is 1.67. The lowest BCUT2D eigenvalue weighted by Crippen LogP contribution is -2.36. The Morgan fingerprint density at radius 3 is 2.43 bits per heavy atom. The third-order valence-corrected chi connectivity index (χ3v) is 2.86. The standard InChI is InChI=1S/C17H26N2O4/c1-17(2,3)23-16(21)19(4)12-8-11-18-15(20)22-13-14-9-6-5-7-10-14/h5-7,9-10H,8,11-13H2,1-4H3,(H,18,20). The van der Waals surface area contributed by atoms with E-state index >= 15 is 0 Å². The first-order valence-electron chi connectivity index (χ1n) is 7.66. The van der Waals surface area contributed by atoms with E-state index in [0.717, 1.165) is 5.56 Å². The van der Waals surface area contributed by atoms with Crippen LogP contribution in [0.1, 0.15) is 32.8 Å². The number of alkyl carbamates (subject to hydrolysis) is 1. The Hall–Kier alpha value is -2.24. The molecule has 0 aliphatic carbocycles. The molecule has 0 bridgehead atoms. The molecule has 0 fully saturated rings. The van der Waals surface area contributed by atoms with Crippen molar-refractivity contribution in [2.45, 2.75) is 39.4 Å². The van der Waals surface area contributed by atoms with E-state index in [9.17, 15) is 9.59 Å². The molecular weight excluding hydrogens is 296 g/mol. The van der Waals surface area contributed by atoms with Gasteiger partial charge in [-0.25, -0.2) is 9.59 Å². The zero-order valence-electron chi connectivity index (χ0n) is 14.3. The summed E-state index contributed by atoms with van der Waals surface area (Å²) >= 11 is 0. The maximum absolute atomic E-state index is 11.7. The number of nitrogens with one attached hydrogen (secondary N) is 1. The Labute approximate surface area is 137 Å². The van der Waals surface area contributed by atoms with Crippen molar-refractivity contribution in [3.8, 4) is 0 Å². The van der Waals surface area contributed by atoms with Gasteiger partial charge in [-0.05, 0) is 32.8 Å². The van der Waals surface area contributed by atoms with Crippen LogP contribution in [0.4, 0.5) is 9.59 Å². The fraction of sp³-hybridized carbons (Fsp3) is 0.529. The van der Waals surface area contributed by atoms with Crippen molar-refractivity contribution in [2.75, 3.05) is 20.1 Å². The molecule has 0 saturated heterocycles. The Balaban J connectivity index is 2.14. The van der Waals surface area contributed by atoms with Crippen molar-refractivity contribution in [3.63, 3.8) is 0 Å². The van der Waals surface area contributed by atoms with Crippen molar-refractivity contribution in [1.29, 1.82) is 0 Å². The number of rotatable bonds is 6. The van der Waals surface area contributed by atoms with Gasteiger partial charge in [0.25, 0.3) is 0 Å². The number of amides is 2. The summed E-state index contributed by atoms with van der Waals surface area (Å²) in [5.41, 5.74) is 0.428. The van der Waals surface area contributed by atoms with Crippen LogP contribution in [0.25, 0.3) is 0 Å². The van der Waals surface area contributed by atoms with Gasteiger partial charge in [0.05, 0.1) is 0 Å². The summed E-state index contributed by atoms with van der Waals surface area (Å²) in [5.74, 6) is 0. The van der Waals surface area contributed by atoms with Crippen molar-refractivity contribution in [3.05, 3.63) is 35.9 Å². The lowest BCUT2D eigenvalue weighted by molar-refractivity contribution is 0.0297. The molecule has 0 atom stereocenters. The Morgan fingerprint density at radius 2 is 1.83 bits per heavy atom. The van der Waals surface area contributed by atoms with Crippen LogP contribution >= 0.6 is 0 Å². The maximum Gasteiger partial charge on any atom is 0.410 e. The molecule has 1 rings (SSSR count). The zero-order chi connectivity index (χ0) is 17.3. The van der Waals surface area contributed by atoms with Gasteiger partial charge < -0.3 is 19.7 Å². The molecule has 0 spiro atoms. The van der Waals surface area contributed by atoms with Crippen LogP contribution in [0.5, 0.6) is 0 Å². The van der Waals surface area contributed by atoms with E-state index in [4.69, 9.17) is 9.47 Å². The molecule has 0 unspecified atom stereocenters. The smallest absolute Gasteiger partial charge is 0.410 e. The van der Waals surface area contributed by atoms with Crippen molar-refractivity contribution < 1.29 is 19.1 Å². The fourth-order valence-electron chi connectivity index (χ4n) is 1.71. The van der Waals surface area contributed by atoms with Crippen LogP contribution in [-0.2, 0) is 16.1 Å². The number of ether oxygens (including phenoxy) is 2. The van der Waals surface area contributed by atoms with Gasteiger partial charge in [-0.1, -0.05) is 30.3 Å². The highest BCUT2D eigenvalue weighted by atomic mass is 16.6. The molecule has 128 valence electrons. The van der Waals surface area contributed by atoms with Gasteiger partial charge in [0.2, 0.25) is 0 Å². The van der Waals surface area contributed by atoms with Crippen molar-refractivity contribution in [2.24, 2.45) is 0 Å². The molecular formula is C17H26N2O4. The molecule has 0 aromatic heterocycles. The second-order valence-electron chi connectivity index (χ2n) is 6.24. The van der Waals surface area contributed by atoms with Gasteiger partial charge in [0.1, 0.15) is 12.2 Å². The van der Waals surface area contributed by atoms with E-state index in [0.29, 0.717) is 19.5 Å². The second-order valence-corrected chi connectivity index (χ2v) is 6.24. The van der Waals surface area contributed by atoms with E-state index in [1.165, 1.54) is 4.90 Å². The van der Waals surface area contributed by atoms with Crippen LogP contribution in [0.3, 0.4) is 0 Å². The van der Waals surface area contributed by atoms with Crippen molar-refractivity contribution >= 4 is 12.2 Å². The maximum atomic E-state index is 11.7. The number of benzene rings is 1. The normalized spacial score (nSPS) is 10.8. The first-order chi connectivity index (χ1) is 10.8. The zero-order valence-corrected chi connectivity index (χ0v) is 14.3. The van der Waals surface area contributed by atoms with Crippen LogP contribution in [-0.4, -0.2) is 42.8 Å². The minimum absolute atomic E-state index is 0.241. The highest BCUT2D eigenvalue weighted by molar-refractivity contribution is 5.68. The van der Waals surface area contributed by atoms with Gasteiger partial charge in [-0.3, -0.25) is 0 Å². The van der Waals surface area contributed by atoms with Crippen LogP contribution < -0.4 is 5.32 Å². The number of carbonyl (C=O) groups is 2. The predicted octanol–water partition coefficient (Wildman–Crippen LogP) is 3.17. The molecule has 0 aliphatic heterocycles. The number of hydrogen-bond donors (Lipinski definition) is 1. The van der Waals surface area contributed by atoms with Gasteiger partial charge in [-0.15, -0.1) is 0 Å². The van der Waals surface area contributed by atoms with Gasteiger partial charge in [0, 0.05) is 20.1 Å². The summed E-state index contributed by atoms with van der Waals surface area (Å²) in [5, 5.41) is 2.66. The highest BCUT2D eigenvalue weighted by Gasteiger charge is 2.19. The number of carbonyl (C=O) groups excluding carboxylic acids is 2. The second kappa shape index (κ2) is 9.02. The molecule has 0 heterocycles. The van der Waals surface area contributed by atoms with Crippen LogP contribution in [0, 0.1) is 0 Å². The van der Waals surface area contributed by atoms with E-state index in [2.05, 4.69) is 5.32 Å². The molecule has 23 heavy (non-hydrogen) atoms. The van der Waals surface area contributed by atoms with Crippen LogP contribution in [0.2, 0.25) is 0 Å². The number of nitrogens with zero attached hydrogens (tertiary/aromatic N) is 1. The quantitative estimate of drug-likeness (QED) is 0.817. The van der Waals surface area contributed by atoms with E-state index < -0.39 is 11.7 Å². The summed E-state index contributed by atoms with van der Waals surface area (Å²) in [6.07, 6.45) is -0.214. The first-order valence-corrected chi connectivity index (χ1v) is 7.66. The predicted molar refractivity (Wildman–Crippen MR) is 88.1 cm³/mol. The monoisotopic (exact) mass is 322 g/mol. The number of hydrogen-bond acceptors (Lipinski definition) is 4. The molecule has 1 aromatic carbocycles. The molecule has 6 nitrogen and oxygen atoms in total. The van der Waals surface area contributed by atoms with Crippen LogP contribution in [0.15, 0.2) is 30.3 Å². The summed E-state index contributed by atoms with van der Waals surface area (Å²) < 4.78 is 10.3. The van der Waals surface area contributed by atoms with E-state index in [-0.39, 0.29) is 12.7 Å². The van der Waals surface area contributed by atoms with E-state index in [1.807, 2.05) is 51.1 Å². The summed E-state index contributed by atoms with van der Waals surface area (Å²) in [6.45, 7) is 6.63. The Bertz CT molecular complexity index is 497. The average molecular weight is 322 g/mol. The lowest BCUT2D eigenvalue weighted by atomic mass is 10.2. The minimum Gasteiger partial charge on any atom is -0.445 e.